The summed E-state index contributed by atoms with van der Waals surface area (Å²) >= 11 is 0. The number of hydrogen-bond acceptors (Lipinski definition) is 1. The molecule has 3 saturated carbocycles. The Kier molecular flexibility index (Phi) is 9.67. The Bertz CT molecular complexity index is 1570. The van der Waals surface area contributed by atoms with E-state index >= 15 is 0 Å². The first-order valence-corrected chi connectivity index (χ1v) is 23.6. The quantitative estimate of drug-likeness (QED) is 0.248. The average molecular weight is 712 g/mol. The molecule has 0 heterocycles. The third kappa shape index (κ3) is 5.87. The van der Waals surface area contributed by atoms with Crippen molar-refractivity contribution in [2.45, 2.75) is 167 Å². The van der Waals surface area contributed by atoms with E-state index in [1.165, 1.54) is 141 Å². The Hall–Kier alpha value is -2.02. The number of allylic oxidation sites excluding steroid dienone is 12. The van der Waals surface area contributed by atoms with Gasteiger partial charge in [0, 0.05) is 23.2 Å². The molecule has 10 aliphatic carbocycles. The summed E-state index contributed by atoms with van der Waals surface area (Å²) in [7, 11) is 0. The molecule has 10 rings (SSSR count). The van der Waals surface area contributed by atoms with E-state index in [4.69, 9.17) is 0 Å². The van der Waals surface area contributed by atoms with Crippen LogP contribution >= 0.6 is 0 Å². The van der Waals surface area contributed by atoms with Crippen LogP contribution < -0.4 is 0 Å². The molecule has 0 aromatic heterocycles. The third-order valence-corrected chi connectivity index (χ3v) is 18.5. The van der Waals surface area contributed by atoms with E-state index in [1.54, 1.807) is 5.70 Å². The third-order valence-electron chi connectivity index (χ3n) is 18.5. The molecule has 0 bridgehead atoms. The molecule has 0 saturated heterocycles. The Balaban J connectivity index is 0.980. The zero-order valence-corrected chi connectivity index (χ0v) is 33.8. The van der Waals surface area contributed by atoms with Gasteiger partial charge in [0.1, 0.15) is 0 Å². The van der Waals surface area contributed by atoms with Crippen molar-refractivity contribution in [3.63, 3.8) is 0 Å². The molecule has 0 radical (unpaired) electrons. The van der Waals surface area contributed by atoms with Crippen LogP contribution in [0.3, 0.4) is 0 Å². The Morgan fingerprint density at radius 2 is 1.45 bits per heavy atom. The van der Waals surface area contributed by atoms with Gasteiger partial charge in [-0.1, -0.05) is 111 Å². The smallest absolute Gasteiger partial charge is 0.0476 e. The summed E-state index contributed by atoms with van der Waals surface area (Å²) in [5.74, 6) is 8.29. The lowest BCUT2D eigenvalue weighted by Gasteiger charge is -2.53. The second-order valence-corrected chi connectivity index (χ2v) is 20.8. The molecule has 53 heavy (non-hydrogen) atoms. The van der Waals surface area contributed by atoms with E-state index < -0.39 is 0 Å². The molecule has 12 atom stereocenters. The van der Waals surface area contributed by atoms with Crippen molar-refractivity contribution in [3.05, 3.63) is 83.7 Å². The first-order chi connectivity index (χ1) is 26.0. The van der Waals surface area contributed by atoms with Gasteiger partial charge in [-0.25, -0.2) is 0 Å². The second-order valence-electron chi connectivity index (χ2n) is 20.8. The first-order valence-electron chi connectivity index (χ1n) is 23.6. The van der Waals surface area contributed by atoms with Gasteiger partial charge in [-0.15, -0.1) is 0 Å². The summed E-state index contributed by atoms with van der Waals surface area (Å²) in [5.41, 5.74) is 6.41. The molecular formula is C52H73N. The van der Waals surface area contributed by atoms with Crippen molar-refractivity contribution in [2.75, 3.05) is 0 Å². The highest BCUT2D eigenvalue weighted by molar-refractivity contribution is 5.36. The number of nitrogens with zero attached hydrogens (tertiary/aromatic N) is 1. The van der Waals surface area contributed by atoms with Gasteiger partial charge in [-0.2, -0.15) is 0 Å². The molecule has 1 nitrogen and oxygen atoms in total. The van der Waals surface area contributed by atoms with Crippen molar-refractivity contribution in [1.82, 2.24) is 4.90 Å². The van der Waals surface area contributed by atoms with E-state index in [-0.39, 0.29) is 0 Å². The summed E-state index contributed by atoms with van der Waals surface area (Å²) in [6.45, 7) is 5.30. The van der Waals surface area contributed by atoms with Crippen molar-refractivity contribution < 1.29 is 0 Å². The van der Waals surface area contributed by atoms with Crippen LogP contribution in [0.15, 0.2) is 83.7 Å². The maximum atomic E-state index is 3.12. The molecule has 0 N–H and O–H groups in total. The van der Waals surface area contributed by atoms with E-state index in [0.29, 0.717) is 22.9 Å². The van der Waals surface area contributed by atoms with Crippen LogP contribution in [-0.4, -0.2) is 17.0 Å². The van der Waals surface area contributed by atoms with Crippen LogP contribution in [0.2, 0.25) is 0 Å². The van der Waals surface area contributed by atoms with Crippen molar-refractivity contribution in [2.24, 2.45) is 70.0 Å². The number of rotatable bonds is 6. The lowest BCUT2D eigenvalue weighted by atomic mass is 9.52. The lowest BCUT2D eigenvalue weighted by molar-refractivity contribution is 0.0262. The maximum absolute atomic E-state index is 3.12. The molecule has 286 valence electrons. The van der Waals surface area contributed by atoms with Gasteiger partial charge in [0.15, 0.2) is 0 Å². The number of hydrogen-bond donors (Lipinski definition) is 0. The minimum Gasteiger partial charge on any atom is -0.365 e. The van der Waals surface area contributed by atoms with Gasteiger partial charge < -0.3 is 4.90 Å². The van der Waals surface area contributed by atoms with E-state index in [1.807, 2.05) is 11.1 Å². The summed E-state index contributed by atoms with van der Waals surface area (Å²) in [6, 6.07) is 1.24. The van der Waals surface area contributed by atoms with Crippen LogP contribution in [0.4, 0.5) is 0 Å². The Morgan fingerprint density at radius 3 is 2.26 bits per heavy atom. The van der Waals surface area contributed by atoms with Gasteiger partial charge in [-0.05, 0) is 187 Å². The van der Waals surface area contributed by atoms with Crippen molar-refractivity contribution in [1.29, 1.82) is 0 Å². The normalized spacial score (nSPS) is 44.6. The minimum absolute atomic E-state index is 0.395. The van der Waals surface area contributed by atoms with Crippen molar-refractivity contribution >= 4 is 0 Å². The van der Waals surface area contributed by atoms with Crippen LogP contribution in [0.25, 0.3) is 0 Å². The number of fused-ring (bicyclic) bond motifs is 6. The Labute approximate surface area is 324 Å². The molecular weight excluding hydrogens is 639 g/mol. The fraction of sp³-hybridized carbons (Fsp3) is 0.731. The van der Waals surface area contributed by atoms with Gasteiger partial charge in [0.05, 0.1) is 0 Å². The molecule has 0 amide bonds. The topological polar surface area (TPSA) is 3.24 Å². The zero-order valence-electron chi connectivity index (χ0n) is 33.8. The van der Waals surface area contributed by atoms with E-state index in [0.717, 1.165) is 59.2 Å². The van der Waals surface area contributed by atoms with Crippen LogP contribution in [0.5, 0.6) is 0 Å². The maximum Gasteiger partial charge on any atom is 0.0476 e. The highest BCUT2D eigenvalue weighted by Gasteiger charge is 2.62. The molecule has 0 aromatic carbocycles. The van der Waals surface area contributed by atoms with E-state index in [2.05, 4.69) is 85.6 Å². The Morgan fingerprint density at radius 1 is 0.604 bits per heavy atom. The molecule has 3 fully saturated rings. The van der Waals surface area contributed by atoms with Gasteiger partial charge in [0.25, 0.3) is 0 Å². The standard InChI is InChI=1S/C52H73N/c1-51(2)47-22-12-9-19-43(47)46-34-33-42(35-50(46)51)53(40-29-25-37(26-30-40)36-15-5-3-6-16-36)41-31-27-39(28-32-41)52(38-17-7-4-8-18-38)48-23-13-10-20-44(48)45-21-11-14-24-49(45)52/h4,7,10,12,20,22,24-25,31,33-34,36,38-40,42-48,50H,3,5-6,8-9,11,13-19,21,23,26-30,32,35H2,1-2H3. The van der Waals surface area contributed by atoms with Crippen LogP contribution in [0, 0.1) is 70.0 Å². The van der Waals surface area contributed by atoms with Gasteiger partial charge in [-0.3, -0.25) is 0 Å². The zero-order chi connectivity index (χ0) is 35.6. The first kappa shape index (κ1) is 35.4. The van der Waals surface area contributed by atoms with Crippen molar-refractivity contribution in [3.8, 4) is 0 Å². The predicted molar refractivity (Wildman–Crippen MR) is 223 cm³/mol. The predicted octanol–water partition coefficient (Wildman–Crippen LogP) is 13.9. The SMILES string of the molecule is CC1(C)C2C=CCCC2C2C=CC(N(C3=CCC(C4(C5CC=CCC5)C5=CCCCC5C5C=CCCC54)CC3)C3CC=C(C4CCCCC4)CC3)CC21. The summed E-state index contributed by atoms with van der Waals surface area (Å²) < 4.78 is 0. The summed E-state index contributed by atoms with van der Waals surface area (Å²) in [6.07, 6.45) is 60.1. The summed E-state index contributed by atoms with van der Waals surface area (Å²) in [4.78, 5) is 3.12. The minimum atomic E-state index is 0.395. The average Bonchev–Trinajstić information content (AvgIpc) is 3.65. The molecule has 0 spiro atoms. The summed E-state index contributed by atoms with van der Waals surface area (Å²) in [5, 5.41) is 0. The monoisotopic (exact) mass is 712 g/mol. The van der Waals surface area contributed by atoms with Gasteiger partial charge in [0.2, 0.25) is 0 Å². The van der Waals surface area contributed by atoms with E-state index in [9.17, 15) is 0 Å². The highest BCUT2D eigenvalue weighted by atomic mass is 15.2. The molecule has 12 unspecified atom stereocenters. The van der Waals surface area contributed by atoms with Gasteiger partial charge >= 0.3 is 0 Å². The van der Waals surface area contributed by atoms with Crippen LogP contribution in [0.1, 0.15) is 155 Å². The van der Waals surface area contributed by atoms with Crippen LogP contribution in [-0.2, 0) is 0 Å². The largest absolute Gasteiger partial charge is 0.365 e. The molecule has 0 aromatic rings. The highest BCUT2D eigenvalue weighted by Crippen LogP contribution is 2.69. The molecule has 10 aliphatic rings. The lowest BCUT2D eigenvalue weighted by Crippen LogP contribution is -2.48. The fourth-order valence-corrected chi connectivity index (χ4v) is 16.3. The second kappa shape index (κ2) is 14.5. The molecule has 0 aliphatic heterocycles. The molecule has 1 heteroatoms. The fourth-order valence-electron chi connectivity index (χ4n) is 16.3.